The molecule has 2 aromatic carbocycles. The fourth-order valence-electron chi connectivity index (χ4n) is 4.01. The highest BCUT2D eigenvalue weighted by atomic mass is 79.9. The molecule has 4 nitrogen and oxygen atoms in total. The van der Waals surface area contributed by atoms with Crippen molar-refractivity contribution in [3.8, 4) is 12.3 Å². The van der Waals surface area contributed by atoms with E-state index in [1.54, 1.807) is 0 Å². The summed E-state index contributed by atoms with van der Waals surface area (Å²) in [5, 5.41) is 6.74. The van der Waals surface area contributed by atoms with E-state index in [4.69, 9.17) is 6.42 Å². The number of carbonyl (C=O) groups excluding carboxylic acids is 1. The summed E-state index contributed by atoms with van der Waals surface area (Å²) in [4.78, 5) is 15.0. The number of hydrogen-bond donors (Lipinski definition) is 2. The summed E-state index contributed by atoms with van der Waals surface area (Å²) in [7, 11) is 2.12. The summed E-state index contributed by atoms with van der Waals surface area (Å²) < 4.78 is 0.940. The van der Waals surface area contributed by atoms with Gasteiger partial charge < -0.3 is 15.5 Å². The number of unbranched alkanes of at least 4 members (excludes halogenated alkanes) is 1. The van der Waals surface area contributed by atoms with Gasteiger partial charge in [0.05, 0.1) is 0 Å². The van der Waals surface area contributed by atoms with Gasteiger partial charge in [0, 0.05) is 34.2 Å². The van der Waals surface area contributed by atoms with E-state index in [0.29, 0.717) is 12.1 Å². The molecule has 1 fully saturated rings. The summed E-state index contributed by atoms with van der Waals surface area (Å²) in [6.45, 7) is 5.60. The molecular formula is C27H34BrN3O. The van der Waals surface area contributed by atoms with Crippen molar-refractivity contribution in [2.45, 2.75) is 51.1 Å². The van der Waals surface area contributed by atoms with Gasteiger partial charge in [0.25, 0.3) is 5.91 Å². The van der Waals surface area contributed by atoms with Crippen LogP contribution in [0.5, 0.6) is 0 Å². The van der Waals surface area contributed by atoms with Crippen molar-refractivity contribution >= 4 is 21.8 Å². The fraction of sp³-hybridized carbons (Fsp3) is 0.444. The zero-order valence-corrected chi connectivity index (χ0v) is 20.8. The Hall–Kier alpha value is -2.13. The predicted octanol–water partition coefficient (Wildman–Crippen LogP) is 5.06. The Kier molecular flexibility index (Phi) is 8.92. The molecule has 0 aromatic heterocycles. The molecule has 0 aliphatic heterocycles. The van der Waals surface area contributed by atoms with E-state index in [1.807, 2.05) is 24.3 Å². The Morgan fingerprint density at radius 2 is 2.00 bits per heavy atom. The van der Waals surface area contributed by atoms with E-state index >= 15 is 0 Å². The molecule has 2 N–H and O–H groups in total. The van der Waals surface area contributed by atoms with Crippen molar-refractivity contribution in [3.05, 3.63) is 69.2 Å². The number of carbonyl (C=O) groups is 1. The van der Waals surface area contributed by atoms with Crippen LogP contribution < -0.4 is 10.6 Å². The van der Waals surface area contributed by atoms with Crippen molar-refractivity contribution in [3.63, 3.8) is 0 Å². The first-order valence-electron chi connectivity index (χ1n) is 11.5. The predicted molar refractivity (Wildman–Crippen MR) is 136 cm³/mol. The van der Waals surface area contributed by atoms with Gasteiger partial charge >= 0.3 is 0 Å². The van der Waals surface area contributed by atoms with Gasteiger partial charge in [-0.05, 0) is 87.3 Å². The van der Waals surface area contributed by atoms with Gasteiger partial charge in [0.2, 0.25) is 0 Å². The van der Waals surface area contributed by atoms with Crippen molar-refractivity contribution in [2.24, 2.45) is 0 Å². The molecule has 3 rings (SSSR count). The minimum absolute atomic E-state index is 0.0217. The van der Waals surface area contributed by atoms with Crippen LogP contribution in [0.15, 0.2) is 46.9 Å². The second-order valence-corrected chi connectivity index (χ2v) is 9.70. The van der Waals surface area contributed by atoms with Crippen molar-refractivity contribution in [2.75, 3.05) is 26.7 Å². The number of nitrogens with zero attached hydrogens (tertiary/aromatic N) is 1. The first-order valence-corrected chi connectivity index (χ1v) is 12.3. The summed E-state index contributed by atoms with van der Waals surface area (Å²) in [6, 6.07) is 14.2. The van der Waals surface area contributed by atoms with Gasteiger partial charge in [-0.1, -0.05) is 47.3 Å². The molecule has 1 amide bonds. The summed E-state index contributed by atoms with van der Waals surface area (Å²) in [5.74, 6) is 2.70. The van der Waals surface area contributed by atoms with Gasteiger partial charge in [0.1, 0.15) is 0 Å². The Bertz CT molecular complexity index is 962. The van der Waals surface area contributed by atoms with Gasteiger partial charge in [-0.15, -0.1) is 6.42 Å². The SMILES string of the molecule is C#Cc1cccc(C2(NCCCNC(=O)c3cc(Br)cc(CN(C)CCCC)c3)CC2)c1. The van der Waals surface area contributed by atoms with E-state index in [2.05, 4.69) is 69.6 Å². The molecule has 0 bridgehead atoms. The zero-order chi connectivity index (χ0) is 23.0. The Labute approximate surface area is 201 Å². The molecule has 1 saturated carbocycles. The number of halogens is 1. The molecule has 0 atom stereocenters. The standard InChI is InChI=1S/C27H34BrN3O/c1-4-6-15-31(3)20-22-16-23(19-25(28)18-22)26(32)29-13-8-14-30-27(11-12-27)24-10-7-9-21(5-2)17-24/h2,7,9-10,16-19,30H,4,6,8,11-15,20H2,1,3H3,(H,29,32). The number of nitrogens with one attached hydrogen (secondary N) is 2. The second kappa shape index (κ2) is 11.7. The third kappa shape index (κ3) is 6.93. The van der Waals surface area contributed by atoms with Crippen LogP contribution >= 0.6 is 15.9 Å². The van der Waals surface area contributed by atoms with Gasteiger partial charge in [-0.3, -0.25) is 4.79 Å². The first kappa shape index (κ1) is 24.5. The zero-order valence-electron chi connectivity index (χ0n) is 19.2. The first-order chi connectivity index (χ1) is 15.5. The molecule has 170 valence electrons. The van der Waals surface area contributed by atoms with Crippen LogP contribution in [0.25, 0.3) is 0 Å². The normalized spacial score (nSPS) is 14.2. The third-order valence-corrected chi connectivity index (χ3v) is 6.46. The van der Waals surface area contributed by atoms with Crippen LogP contribution in [-0.2, 0) is 12.1 Å². The Balaban J connectivity index is 1.45. The van der Waals surface area contributed by atoms with E-state index in [1.165, 1.54) is 18.4 Å². The van der Waals surface area contributed by atoms with Gasteiger partial charge in [-0.2, -0.15) is 0 Å². The van der Waals surface area contributed by atoms with Gasteiger partial charge in [-0.25, -0.2) is 0 Å². The smallest absolute Gasteiger partial charge is 0.251 e. The lowest BCUT2D eigenvalue weighted by molar-refractivity contribution is 0.0953. The quantitative estimate of drug-likeness (QED) is 0.319. The topological polar surface area (TPSA) is 44.4 Å². The summed E-state index contributed by atoms with van der Waals surface area (Å²) in [5.41, 5.74) is 4.10. The lowest BCUT2D eigenvalue weighted by Gasteiger charge is -2.18. The third-order valence-electron chi connectivity index (χ3n) is 6.00. The largest absolute Gasteiger partial charge is 0.352 e. The average Bonchev–Trinajstić information content (AvgIpc) is 3.58. The lowest BCUT2D eigenvalue weighted by Crippen LogP contribution is -2.33. The molecule has 0 heterocycles. The van der Waals surface area contributed by atoms with Crippen molar-refractivity contribution in [1.29, 1.82) is 0 Å². The molecule has 0 radical (unpaired) electrons. The van der Waals surface area contributed by atoms with Crippen LogP contribution in [0.1, 0.15) is 66.1 Å². The van der Waals surface area contributed by atoms with Crippen LogP contribution in [0.3, 0.4) is 0 Å². The molecule has 1 aliphatic carbocycles. The molecule has 5 heteroatoms. The van der Waals surface area contributed by atoms with Crippen LogP contribution in [-0.4, -0.2) is 37.5 Å². The number of terminal acetylenes is 1. The molecule has 0 spiro atoms. The highest BCUT2D eigenvalue weighted by molar-refractivity contribution is 9.10. The number of benzene rings is 2. The average molecular weight is 496 g/mol. The lowest BCUT2D eigenvalue weighted by atomic mass is 10.0. The maximum atomic E-state index is 12.7. The highest BCUT2D eigenvalue weighted by Crippen LogP contribution is 2.45. The van der Waals surface area contributed by atoms with Crippen LogP contribution in [0.2, 0.25) is 0 Å². The summed E-state index contributed by atoms with van der Waals surface area (Å²) in [6.07, 6.45) is 11.0. The highest BCUT2D eigenvalue weighted by Gasteiger charge is 2.43. The minimum Gasteiger partial charge on any atom is -0.352 e. The number of amides is 1. The summed E-state index contributed by atoms with van der Waals surface area (Å²) >= 11 is 3.56. The van der Waals surface area contributed by atoms with E-state index in [-0.39, 0.29) is 11.4 Å². The van der Waals surface area contributed by atoms with E-state index in [0.717, 1.165) is 54.5 Å². The van der Waals surface area contributed by atoms with E-state index < -0.39 is 0 Å². The van der Waals surface area contributed by atoms with Crippen molar-refractivity contribution in [1.82, 2.24) is 15.5 Å². The molecule has 2 aromatic rings. The maximum absolute atomic E-state index is 12.7. The Morgan fingerprint density at radius 1 is 1.19 bits per heavy atom. The van der Waals surface area contributed by atoms with Crippen LogP contribution in [0.4, 0.5) is 0 Å². The second-order valence-electron chi connectivity index (χ2n) is 8.78. The van der Waals surface area contributed by atoms with E-state index in [9.17, 15) is 4.79 Å². The van der Waals surface area contributed by atoms with Crippen molar-refractivity contribution < 1.29 is 4.79 Å². The molecule has 32 heavy (non-hydrogen) atoms. The molecular weight excluding hydrogens is 462 g/mol. The number of hydrogen-bond acceptors (Lipinski definition) is 3. The molecule has 0 unspecified atom stereocenters. The minimum atomic E-state index is -0.0217. The van der Waals surface area contributed by atoms with Crippen LogP contribution in [0, 0.1) is 12.3 Å². The Morgan fingerprint density at radius 3 is 2.72 bits per heavy atom. The molecule has 1 aliphatic rings. The molecule has 0 saturated heterocycles. The maximum Gasteiger partial charge on any atom is 0.251 e. The van der Waals surface area contributed by atoms with Gasteiger partial charge in [0.15, 0.2) is 0 Å². The monoisotopic (exact) mass is 495 g/mol. The fourth-order valence-corrected chi connectivity index (χ4v) is 4.55. The number of rotatable bonds is 12.